The third-order valence-electron chi connectivity index (χ3n) is 5.02. The predicted molar refractivity (Wildman–Crippen MR) is 125 cm³/mol. The number of hydrazone groups is 1. The first-order chi connectivity index (χ1) is 17.0. The van der Waals surface area contributed by atoms with Crippen LogP contribution in [0, 0.1) is 6.92 Å². The molecule has 0 saturated carbocycles. The van der Waals surface area contributed by atoms with E-state index in [0.717, 1.165) is 5.56 Å². The van der Waals surface area contributed by atoms with Gasteiger partial charge in [0.15, 0.2) is 5.69 Å². The van der Waals surface area contributed by atoms with E-state index in [4.69, 9.17) is 19.9 Å². The van der Waals surface area contributed by atoms with Crippen molar-refractivity contribution in [2.75, 3.05) is 27.1 Å². The maximum Gasteiger partial charge on any atom is 0.294 e. The molecule has 13 heteroatoms. The Labute approximate surface area is 199 Å². The van der Waals surface area contributed by atoms with Gasteiger partial charge in [0, 0.05) is 17.7 Å². The molecule has 180 valence electrons. The van der Waals surface area contributed by atoms with Crippen molar-refractivity contribution in [3.8, 4) is 34.3 Å². The Kier molecular flexibility index (Phi) is 6.57. The SMILES string of the molecule is COc1cc(OC)c(/C=N\NC(=O)c2nnn(-c3nonc3N)c2-c2ccc(C)cc2)c(OC)c1. The lowest BCUT2D eigenvalue weighted by Crippen LogP contribution is -2.19. The van der Waals surface area contributed by atoms with Gasteiger partial charge in [-0.3, -0.25) is 4.79 Å². The highest BCUT2D eigenvalue weighted by Gasteiger charge is 2.25. The fourth-order valence-electron chi connectivity index (χ4n) is 3.26. The van der Waals surface area contributed by atoms with E-state index in [0.29, 0.717) is 34.1 Å². The van der Waals surface area contributed by atoms with Crippen LogP contribution in [0.4, 0.5) is 5.82 Å². The van der Waals surface area contributed by atoms with Gasteiger partial charge >= 0.3 is 0 Å². The van der Waals surface area contributed by atoms with Crippen LogP contribution in [0.15, 0.2) is 46.1 Å². The third kappa shape index (κ3) is 4.59. The second kappa shape index (κ2) is 9.91. The molecule has 0 aliphatic rings. The Morgan fingerprint density at radius 1 is 1.09 bits per heavy atom. The van der Waals surface area contributed by atoms with Crippen molar-refractivity contribution in [2.24, 2.45) is 5.10 Å². The Morgan fingerprint density at radius 3 is 2.34 bits per heavy atom. The van der Waals surface area contributed by atoms with Crippen LogP contribution in [-0.4, -0.2) is 58.8 Å². The molecule has 0 spiro atoms. The van der Waals surface area contributed by atoms with Crippen molar-refractivity contribution < 1.29 is 23.6 Å². The van der Waals surface area contributed by atoms with Crippen molar-refractivity contribution in [1.82, 2.24) is 30.7 Å². The topological polar surface area (TPSA) is 165 Å². The molecule has 0 aliphatic heterocycles. The lowest BCUT2D eigenvalue weighted by Gasteiger charge is -2.12. The quantitative estimate of drug-likeness (QED) is 0.282. The van der Waals surface area contributed by atoms with E-state index in [-0.39, 0.29) is 17.3 Å². The number of ether oxygens (including phenoxy) is 3. The second-order valence-electron chi connectivity index (χ2n) is 7.18. The number of carbonyl (C=O) groups excluding carboxylic acids is 1. The molecule has 0 unspecified atom stereocenters. The van der Waals surface area contributed by atoms with Gasteiger partial charge in [0.2, 0.25) is 11.6 Å². The number of nitrogens with one attached hydrogen (secondary N) is 1. The number of nitrogens with zero attached hydrogens (tertiary/aromatic N) is 6. The number of aromatic nitrogens is 5. The van der Waals surface area contributed by atoms with Crippen LogP contribution in [0.5, 0.6) is 17.2 Å². The maximum absolute atomic E-state index is 13.1. The number of nitrogen functional groups attached to an aromatic ring is 1. The first kappa shape index (κ1) is 23.2. The molecule has 4 aromatic rings. The van der Waals surface area contributed by atoms with Gasteiger partial charge in [-0.2, -0.15) is 9.78 Å². The number of anilines is 1. The molecular weight excluding hydrogens is 456 g/mol. The summed E-state index contributed by atoms with van der Waals surface area (Å²) in [6, 6.07) is 10.8. The molecule has 3 N–H and O–H groups in total. The summed E-state index contributed by atoms with van der Waals surface area (Å²) in [7, 11) is 4.53. The number of carbonyl (C=O) groups is 1. The minimum absolute atomic E-state index is 0.00747. The van der Waals surface area contributed by atoms with Crippen LogP contribution >= 0.6 is 0 Å². The van der Waals surface area contributed by atoms with Gasteiger partial charge in [-0.1, -0.05) is 35.0 Å². The van der Waals surface area contributed by atoms with Crippen LogP contribution < -0.4 is 25.4 Å². The van der Waals surface area contributed by atoms with E-state index in [2.05, 4.69) is 35.8 Å². The van der Waals surface area contributed by atoms with Gasteiger partial charge in [-0.05, 0) is 17.2 Å². The molecule has 13 nitrogen and oxygen atoms in total. The molecule has 2 aromatic heterocycles. The highest BCUT2D eigenvalue weighted by Crippen LogP contribution is 2.32. The predicted octanol–water partition coefficient (Wildman–Crippen LogP) is 2.00. The van der Waals surface area contributed by atoms with Gasteiger partial charge in [-0.15, -0.1) is 5.10 Å². The van der Waals surface area contributed by atoms with E-state index in [1.165, 1.54) is 32.2 Å². The minimum atomic E-state index is -0.621. The van der Waals surface area contributed by atoms with Gasteiger partial charge < -0.3 is 19.9 Å². The zero-order chi connectivity index (χ0) is 24.9. The normalized spacial score (nSPS) is 11.0. The molecule has 0 atom stereocenters. The highest BCUT2D eigenvalue weighted by molar-refractivity contribution is 5.99. The van der Waals surface area contributed by atoms with Crippen LogP contribution in [0.2, 0.25) is 0 Å². The van der Waals surface area contributed by atoms with E-state index in [1.807, 2.05) is 31.2 Å². The first-order valence-corrected chi connectivity index (χ1v) is 10.2. The summed E-state index contributed by atoms with van der Waals surface area (Å²) in [5, 5.41) is 19.5. The lowest BCUT2D eigenvalue weighted by molar-refractivity contribution is 0.0950. The molecule has 0 bridgehead atoms. The Bertz CT molecular complexity index is 1350. The largest absolute Gasteiger partial charge is 0.496 e. The molecule has 2 heterocycles. The molecule has 2 aromatic carbocycles. The Hall–Kier alpha value is -4.94. The summed E-state index contributed by atoms with van der Waals surface area (Å²) in [5.74, 6) is 0.902. The summed E-state index contributed by atoms with van der Waals surface area (Å²) in [6.07, 6.45) is 1.39. The third-order valence-corrected chi connectivity index (χ3v) is 5.02. The highest BCUT2D eigenvalue weighted by atomic mass is 16.6. The molecule has 0 aliphatic carbocycles. The molecule has 0 radical (unpaired) electrons. The van der Waals surface area contributed by atoms with E-state index in [9.17, 15) is 4.79 Å². The van der Waals surface area contributed by atoms with Gasteiger partial charge in [0.25, 0.3) is 5.91 Å². The van der Waals surface area contributed by atoms with Crippen molar-refractivity contribution >= 4 is 17.9 Å². The number of benzene rings is 2. The van der Waals surface area contributed by atoms with E-state index >= 15 is 0 Å². The standard InChI is InChI=1S/C22H22N8O5/c1-12-5-7-13(8-6-12)19-18(25-29-30(19)21-20(23)27-35-28-21)22(31)26-24-11-15-16(33-3)9-14(32-2)10-17(15)34-4/h5-11H,1-4H3,(H2,23,27)(H,26,31)/b24-11-. The maximum atomic E-state index is 13.1. The van der Waals surface area contributed by atoms with E-state index < -0.39 is 5.91 Å². The van der Waals surface area contributed by atoms with Crippen LogP contribution in [0.3, 0.4) is 0 Å². The average molecular weight is 478 g/mol. The number of rotatable bonds is 8. The van der Waals surface area contributed by atoms with Crippen LogP contribution in [-0.2, 0) is 0 Å². The minimum Gasteiger partial charge on any atom is -0.496 e. The molecular formula is C22H22N8O5. The number of hydrogen-bond donors (Lipinski definition) is 2. The summed E-state index contributed by atoms with van der Waals surface area (Å²) >= 11 is 0. The number of hydrogen-bond acceptors (Lipinski definition) is 11. The molecule has 0 fully saturated rings. The van der Waals surface area contributed by atoms with Gasteiger partial charge in [-0.25, -0.2) is 10.1 Å². The second-order valence-corrected chi connectivity index (χ2v) is 7.18. The molecule has 1 amide bonds. The monoisotopic (exact) mass is 478 g/mol. The van der Waals surface area contributed by atoms with Crippen LogP contribution in [0.25, 0.3) is 17.1 Å². The summed E-state index contributed by atoms with van der Waals surface area (Å²) in [4.78, 5) is 13.1. The molecule has 35 heavy (non-hydrogen) atoms. The van der Waals surface area contributed by atoms with Gasteiger partial charge in [0.1, 0.15) is 22.9 Å². The number of amides is 1. The number of methoxy groups -OCH3 is 3. The summed E-state index contributed by atoms with van der Waals surface area (Å²) < 4.78 is 22.0. The fraction of sp³-hybridized carbons (Fsp3) is 0.182. The van der Waals surface area contributed by atoms with Crippen molar-refractivity contribution in [1.29, 1.82) is 0 Å². The van der Waals surface area contributed by atoms with Crippen molar-refractivity contribution in [3.05, 3.63) is 53.2 Å². The smallest absolute Gasteiger partial charge is 0.294 e. The average Bonchev–Trinajstić information content (AvgIpc) is 3.50. The zero-order valence-electron chi connectivity index (χ0n) is 19.3. The summed E-state index contributed by atoms with van der Waals surface area (Å²) in [5.41, 5.74) is 10.8. The Balaban J connectivity index is 1.68. The fourth-order valence-corrected chi connectivity index (χ4v) is 3.26. The molecule has 4 rings (SSSR count). The lowest BCUT2D eigenvalue weighted by atomic mass is 10.1. The summed E-state index contributed by atoms with van der Waals surface area (Å²) in [6.45, 7) is 1.95. The van der Waals surface area contributed by atoms with E-state index in [1.54, 1.807) is 12.1 Å². The van der Waals surface area contributed by atoms with Gasteiger partial charge in [0.05, 0.1) is 33.1 Å². The molecule has 0 saturated heterocycles. The van der Waals surface area contributed by atoms with Crippen molar-refractivity contribution in [3.63, 3.8) is 0 Å². The zero-order valence-corrected chi connectivity index (χ0v) is 19.3. The Morgan fingerprint density at radius 2 is 1.77 bits per heavy atom. The van der Waals surface area contributed by atoms with Crippen LogP contribution in [0.1, 0.15) is 21.6 Å². The number of aryl methyl sites for hydroxylation is 1. The number of nitrogens with two attached hydrogens (primary N) is 1. The first-order valence-electron chi connectivity index (χ1n) is 10.2. The van der Waals surface area contributed by atoms with Crippen molar-refractivity contribution in [2.45, 2.75) is 6.92 Å².